The Kier molecular flexibility index (Phi) is 7.17. The van der Waals surface area contributed by atoms with Crippen LogP contribution in [0.15, 0.2) is 14.7 Å². The number of carbonyl (C=O) groups is 3. The average Bonchev–Trinajstić information content (AvgIpc) is 2.71. The molecule has 0 saturated carbocycles. The van der Waals surface area contributed by atoms with E-state index in [0.29, 0.717) is 0 Å². The summed E-state index contributed by atoms with van der Waals surface area (Å²) in [6.45, 7) is 4.50. The number of esters is 3. The molecular weight excluding hydrogens is 460 g/mol. The maximum atomic E-state index is 13.1. The van der Waals surface area contributed by atoms with Gasteiger partial charge in [0.05, 0.1) is 6.61 Å². The minimum absolute atomic E-state index is 0.0389. The summed E-state index contributed by atoms with van der Waals surface area (Å²) in [7, 11) is 0. The van der Waals surface area contributed by atoms with E-state index in [0.717, 1.165) is 37.1 Å². The number of aromatic amines is 1. The Morgan fingerprint density at radius 3 is 2.21 bits per heavy atom. The van der Waals surface area contributed by atoms with E-state index in [9.17, 15) is 24.0 Å². The van der Waals surface area contributed by atoms with Gasteiger partial charge in [-0.25, -0.2) is 9.97 Å². The SMILES string of the molecule is CSc1nc2c(nc(C)c(=O)n2[C@@H]2OC[C@@H](OC(C)=O)[C@@H](OC(C)=O)[C@@H]2OC(C)=O)c(=O)[nH]1. The molecule has 1 aliphatic heterocycles. The first kappa shape index (κ1) is 24.4. The van der Waals surface area contributed by atoms with Gasteiger partial charge in [0.2, 0.25) is 0 Å². The molecule has 2 aromatic rings. The normalized spacial score (nSPS) is 22.6. The topological polar surface area (TPSA) is 169 Å². The molecule has 2 aromatic heterocycles. The zero-order chi connectivity index (χ0) is 24.4. The molecule has 0 aliphatic carbocycles. The summed E-state index contributed by atoms with van der Waals surface area (Å²) in [5.74, 6) is -2.19. The third-order valence-corrected chi connectivity index (χ3v) is 5.24. The summed E-state index contributed by atoms with van der Waals surface area (Å²) in [5.41, 5.74) is -1.55. The molecule has 33 heavy (non-hydrogen) atoms. The van der Waals surface area contributed by atoms with Gasteiger partial charge >= 0.3 is 17.9 Å². The fraction of sp³-hybridized carbons (Fsp3) is 0.526. The third-order valence-electron chi connectivity index (χ3n) is 4.66. The van der Waals surface area contributed by atoms with Crippen molar-refractivity contribution >= 4 is 40.8 Å². The van der Waals surface area contributed by atoms with E-state index in [2.05, 4.69) is 15.0 Å². The molecule has 0 spiro atoms. The van der Waals surface area contributed by atoms with E-state index < -0.39 is 53.6 Å². The number of thioether (sulfide) groups is 1. The number of H-pyrrole nitrogens is 1. The number of fused-ring (bicyclic) bond motifs is 1. The minimum Gasteiger partial charge on any atom is -0.456 e. The van der Waals surface area contributed by atoms with Crippen LogP contribution in [0.3, 0.4) is 0 Å². The van der Waals surface area contributed by atoms with Crippen LogP contribution in [0.1, 0.15) is 32.7 Å². The smallest absolute Gasteiger partial charge is 0.303 e. The zero-order valence-electron chi connectivity index (χ0n) is 18.4. The second-order valence-electron chi connectivity index (χ2n) is 7.14. The van der Waals surface area contributed by atoms with Crippen molar-refractivity contribution in [1.82, 2.24) is 19.5 Å². The number of carbonyl (C=O) groups excluding carboxylic acids is 3. The Hall–Kier alpha value is -3.26. The van der Waals surface area contributed by atoms with E-state index in [1.807, 2.05) is 0 Å². The number of rotatable bonds is 5. The molecule has 0 radical (unpaired) electrons. The molecule has 3 heterocycles. The number of nitrogens with zero attached hydrogens (tertiary/aromatic N) is 3. The molecule has 1 N–H and O–H groups in total. The maximum absolute atomic E-state index is 13.1. The standard InChI is InChI=1S/C19H22N4O9S/c1-7-17(28)23(15-12(20-7)16(27)22-19(21-15)33-5)18-14(32-10(4)26)13(31-9(3)25)11(6-29-18)30-8(2)24/h11,13-14,18H,6H2,1-5H3,(H,21,22,27)/t11-,13-,14+,18-/m1/s1. The number of aromatic nitrogens is 4. The first-order chi connectivity index (χ1) is 15.5. The van der Waals surface area contributed by atoms with Crippen LogP contribution < -0.4 is 11.1 Å². The highest BCUT2D eigenvalue weighted by atomic mass is 32.2. The molecule has 13 nitrogen and oxygen atoms in total. The zero-order valence-corrected chi connectivity index (χ0v) is 19.3. The summed E-state index contributed by atoms with van der Waals surface area (Å²) in [5, 5.41) is 0.209. The van der Waals surface area contributed by atoms with Gasteiger partial charge < -0.3 is 18.9 Å². The molecule has 0 bridgehead atoms. The number of nitrogens with one attached hydrogen (secondary N) is 1. The predicted molar refractivity (Wildman–Crippen MR) is 113 cm³/mol. The summed E-state index contributed by atoms with van der Waals surface area (Å²) in [6.07, 6.45) is -3.52. The highest BCUT2D eigenvalue weighted by Gasteiger charge is 2.48. The summed E-state index contributed by atoms with van der Waals surface area (Å²) in [4.78, 5) is 71.9. The van der Waals surface area contributed by atoms with Crippen molar-refractivity contribution in [3.05, 3.63) is 26.4 Å². The number of hydrogen-bond donors (Lipinski definition) is 1. The Morgan fingerprint density at radius 1 is 1.03 bits per heavy atom. The summed E-state index contributed by atoms with van der Waals surface area (Å²) in [6, 6.07) is 0. The molecule has 1 aliphatic rings. The minimum atomic E-state index is -1.41. The van der Waals surface area contributed by atoms with Crippen LogP contribution in [0.2, 0.25) is 0 Å². The summed E-state index contributed by atoms with van der Waals surface area (Å²) < 4.78 is 22.7. The van der Waals surface area contributed by atoms with Crippen molar-refractivity contribution in [2.24, 2.45) is 0 Å². The van der Waals surface area contributed by atoms with Crippen molar-refractivity contribution < 1.29 is 33.3 Å². The van der Waals surface area contributed by atoms with Crippen LogP contribution in [0.25, 0.3) is 11.2 Å². The quantitative estimate of drug-likeness (QED) is 0.259. The Morgan fingerprint density at radius 2 is 1.64 bits per heavy atom. The van der Waals surface area contributed by atoms with Gasteiger partial charge in [-0.15, -0.1) is 0 Å². The number of aryl methyl sites for hydroxylation is 1. The van der Waals surface area contributed by atoms with Gasteiger partial charge in [0.15, 0.2) is 40.9 Å². The molecule has 1 fully saturated rings. The first-order valence-corrected chi connectivity index (χ1v) is 11.0. The largest absolute Gasteiger partial charge is 0.456 e. The number of ether oxygens (including phenoxy) is 4. The van der Waals surface area contributed by atoms with Crippen LogP contribution in [0, 0.1) is 6.92 Å². The first-order valence-electron chi connectivity index (χ1n) is 9.73. The van der Waals surface area contributed by atoms with Crippen molar-refractivity contribution in [3.8, 4) is 0 Å². The maximum Gasteiger partial charge on any atom is 0.303 e. The van der Waals surface area contributed by atoms with Gasteiger partial charge in [0, 0.05) is 20.8 Å². The second kappa shape index (κ2) is 9.70. The van der Waals surface area contributed by atoms with Crippen molar-refractivity contribution in [1.29, 1.82) is 0 Å². The lowest BCUT2D eigenvalue weighted by molar-refractivity contribution is -0.239. The Balaban J connectivity index is 2.26. The molecule has 4 atom stereocenters. The molecule has 0 unspecified atom stereocenters. The third kappa shape index (κ3) is 5.06. The molecule has 0 amide bonds. The van der Waals surface area contributed by atoms with Gasteiger partial charge in [0.25, 0.3) is 11.1 Å². The van der Waals surface area contributed by atoms with E-state index in [-0.39, 0.29) is 28.6 Å². The summed E-state index contributed by atoms with van der Waals surface area (Å²) >= 11 is 1.13. The highest BCUT2D eigenvalue weighted by Crippen LogP contribution is 2.31. The van der Waals surface area contributed by atoms with Gasteiger partial charge in [0.1, 0.15) is 5.69 Å². The van der Waals surface area contributed by atoms with Crippen molar-refractivity contribution in [2.75, 3.05) is 12.9 Å². The van der Waals surface area contributed by atoms with Gasteiger partial charge in [-0.3, -0.25) is 33.5 Å². The molecule has 0 aromatic carbocycles. The Labute approximate surface area is 190 Å². The number of hydrogen-bond acceptors (Lipinski definition) is 12. The van der Waals surface area contributed by atoms with Crippen LogP contribution in [-0.4, -0.2) is 68.6 Å². The van der Waals surface area contributed by atoms with Gasteiger partial charge in [-0.1, -0.05) is 11.8 Å². The molecule has 1 saturated heterocycles. The monoisotopic (exact) mass is 482 g/mol. The molecule has 3 rings (SSSR count). The van der Waals surface area contributed by atoms with Gasteiger partial charge in [-0.05, 0) is 13.2 Å². The van der Waals surface area contributed by atoms with E-state index in [1.165, 1.54) is 6.92 Å². The van der Waals surface area contributed by atoms with E-state index in [1.54, 1.807) is 6.26 Å². The Bertz CT molecular complexity index is 1220. The van der Waals surface area contributed by atoms with Crippen LogP contribution in [-0.2, 0) is 33.3 Å². The van der Waals surface area contributed by atoms with E-state index >= 15 is 0 Å². The van der Waals surface area contributed by atoms with Crippen LogP contribution in [0.5, 0.6) is 0 Å². The molecular formula is C19H22N4O9S. The lowest BCUT2D eigenvalue weighted by Gasteiger charge is -2.41. The fourth-order valence-electron chi connectivity index (χ4n) is 3.47. The molecule has 14 heteroatoms. The fourth-order valence-corrected chi connectivity index (χ4v) is 3.84. The predicted octanol–water partition coefficient (Wildman–Crippen LogP) is -0.166. The second-order valence-corrected chi connectivity index (χ2v) is 7.93. The van der Waals surface area contributed by atoms with Crippen molar-refractivity contribution in [3.63, 3.8) is 0 Å². The van der Waals surface area contributed by atoms with Crippen molar-refractivity contribution in [2.45, 2.75) is 57.4 Å². The average molecular weight is 482 g/mol. The van der Waals surface area contributed by atoms with Crippen LogP contribution in [0.4, 0.5) is 0 Å². The lowest BCUT2D eigenvalue weighted by atomic mass is 10.0. The lowest BCUT2D eigenvalue weighted by Crippen LogP contribution is -2.57. The molecule has 178 valence electrons. The van der Waals surface area contributed by atoms with E-state index in [4.69, 9.17) is 18.9 Å². The van der Waals surface area contributed by atoms with Gasteiger partial charge in [-0.2, -0.15) is 0 Å². The van der Waals surface area contributed by atoms with Crippen LogP contribution >= 0.6 is 11.8 Å². The highest BCUT2D eigenvalue weighted by molar-refractivity contribution is 7.98.